The number of hydrogen-bond acceptors (Lipinski definition) is 3. The van der Waals surface area contributed by atoms with Crippen LogP contribution in [0.4, 0.5) is 0 Å². The van der Waals surface area contributed by atoms with Crippen LogP contribution in [0.25, 0.3) is 0 Å². The van der Waals surface area contributed by atoms with Crippen LogP contribution in [0.5, 0.6) is 0 Å². The Morgan fingerprint density at radius 3 is 2.59 bits per heavy atom. The van der Waals surface area contributed by atoms with Gasteiger partial charge in [-0.3, -0.25) is 9.58 Å². The van der Waals surface area contributed by atoms with Crippen LogP contribution < -0.4 is 0 Å². The molecule has 4 heteroatoms. The van der Waals surface area contributed by atoms with Crippen molar-refractivity contribution >= 4 is 0 Å². The van der Waals surface area contributed by atoms with E-state index in [1.807, 2.05) is 0 Å². The van der Waals surface area contributed by atoms with Gasteiger partial charge in [-0.1, -0.05) is 27.7 Å². The van der Waals surface area contributed by atoms with Crippen LogP contribution in [-0.2, 0) is 31.2 Å². The summed E-state index contributed by atoms with van der Waals surface area (Å²) in [4.78, 5) is 2.63. The number of nitrogens with zero attached hydrogens (tertiary/aromatic N) is 3. The third kappa shape index (κ3) is 2.61. The molecule has 2 fully saturated rings. The van der Waals surface area contributed by atoms with Crippen LogP contribution in [-0.4, -0.2) is 40.0 Å². The molecule has 0 aliphatic carbocycles. The van der Waals surface area contributed by atoms with E-state index in [0.717, 1.165) is 26.0 Å². The average Bonchev–Trinajstić information content (AvgIpc) is 3.05. The van der Waals surface area contributed by atoms with Crippen molar-refractivity contribution in [2.75, 3.05) is 13.2 Å². The molecule has 0 spiro atoms. The molecule has 22 heavy (non-hydrogen) atoms. The molecule has 0 saturated carbocycles. The maximum Gasteiger partial charge on any atom is 0.0736 e. The molecule has 2 atom stereocenters. The van der Waals surface area contributed by atoms with Crippen molar-refractivity contribution in [3.8, 4) is 0 Å². The Hall–Kier alpha value is -0.870. The Morgan fingerprint density at radius 2 is 2.05 bits per heavy atom. The van der Waals surface area contributed by atoms with Gasteiger partial charge in [0, 0.05) is 44.0 Å². The lowest BCUT2D eigenvalue weighted by Crippen LogP contribution is -2.65. The van der Waals surface area contributed by atoms with E-state index in [2.05, 4.69) is 44.3 Å². The highest BCUT2D eigenvalue weighted by molar-refractivity contribution is 5.27. The molecule has 0 radical (unpaired) electrons. The molecule has 1 aromatic heterocycles. The molecule has 2 aliphatic heterocycles. The van der Waals surface area contributed by atoms with Gasteiger partial charge in [-0.2, -0.15) is 5.10 Å². The highest BCUT2D eigenvalue weighted by atomic mass is 16.5. The van der Waals surface area contributed by atoms with Crippen molar-refractivity contribution in [3.63, 3.8) is 0 Å². The van der Waals surface area contributed by atoms with E-state index in [-0.39, 0.29) is 0 Å². The number of likely N-dealkylation sites (tertiary alicyclic amines) is 1. The lowest BCUT2D eigenvalue weighted by Gasteiger charge is -2.56. The van der Waals surface area contributed by atoms with Crippen LogP contribution in [0.1, 0.15) is 57.5 Å². The van der Waals surface area contributed by atoms with Crippen LogP contribution in [0, 0.1) is 5.41 Å². The van der Waals surface area contributed by atoms with E-state index in [0.29, 0.717) is 17.6 Å². The largest absolute Gasteiger partial charge is 0.377 e. The average molecular weight is 305 g/mol. The molecular formula is C18H31N3O. The Kier molecular flexibility index (Phi) is 4.34. The second-order valence-electron chi connectivity index (χ2n) is 7.59. The molecule has 0 N–H and O–H groups in total. The first-order valence-electron chi connectivity index (χ1n) is 8.87. The third-order valence-corrected chi connectivity index (χ3v) is 5.51. The molecular weight excluding hydrogens is 274 g/mol. The smallest absolute Gasteiger partial charge is 0.0736 e. The van der Waals surface area contributed by atoms with Crippen molar-refractivity contribution in [3.05, 3.63) is 17.0 Å². The van der Waals surface area contributed by atoms with Crippen LogP contribution >= 0.6 is 0 Å². The van der Waals surface area contributed by atoms with Gasteiger partial charge in [0.2, 0.25) is 0 Å². The minimum Gasteiger partial charge on any atom is -0.377 e. The fraction of sp³-hybridized carbons (Fsp3) is 0.833. The first kappa shape index (κ1) is 16.0. The Bertz CT molecular complexity index is 529. The summed E-state index contributed by atoms with van der Waals surface area (Å²) in [7, 11) is 2.08. The normalized spacial score (nSPS) is 28.0. The number of ether oxygens (including phenoxy) is 1. The maximum atomic E-state index is 6.02. The lowest BCUT2D eigenvalue weighted by molar-refractivity contribution is -0.122. The maximum absolute atomic E-state index is 6.02. The Balaban J connectivity index is 1.81. The topological polar surface area (TPSA) is 30.3 Å². The van der Waals surface area contributed by atoms with E-state index < -0.39 is 0 Å². The number of rotatable bonds is 5. The summed E-state index contributed by atoms with van der Waals surface area (Å²) in [6.45, 7) is 12.4. The number of aromatic nitrogens is 2. The fourth-order valence-electron chi connectivity index (χ4n) is 4.62. The summed E-state index contributed by atoms with van der Waals surface area (Å²) in [6, 6.07) is 0.560. The van der Waals surface area contributed by atoms with E-state index in [9.17, 15) is 0 Å². The zero-order chi connectivity index (χ0) is 15.9. The number of aryl methyl sites for hydroxylation is 2. The molecule has 124 valence electrons. The van der Waals surface area contributed by atoms with Gasteiger partial charge < -0.3 is 4.74 Å². The second-order valence-corrected chi connectivity index (χ2v) is 7.59. The van der Waals surface area contributed by atoms with Gasteiger partial charge in [-0.15, -0.1) is 0 Å². The zero-order valence-electron chi connectivity index (χ0n) is 14.9. The summed E-state index contributed by atoms with van der Waals surface area (Å²) in [6.07, 6.45) is 4.94. The van der Waals surface area contributed by atoms with Crippen molar-refractivity contribution in [2.45, 2.75) is 72.1 Å². The first-order chi connectivity index (χ1) is 10.5. The standard InChI is InChI=1S/C18H31N3O/c1-6-14-13(15(7-2)20(5)19-14)11-21-12-18(3,4)17(21)16-9-8-10-22-16/h16-17H,6-12H2,1-5H3. The van der Waals surface area contributed by atoms with Gasteiger partial charge in [-0.25, -0.2) is 0 Å². The fourth-order valence-corrected chi connectivity index (χ4v) is 4.62. The molecule has 0 amide bonds. The minimum atomic E-state index is 0.371. The summed E-state index contributed by atoms with van der Waals surface area (Å²) in [5, 5.41) is 4.73. The van der Waals surface area contributed by atoms with Gasteiger partial charge in [0.15, 0.2) is 0 Å². The molecule has 1 aromatic rings. The van der Waals surface area contributed by atoms with Gasteiger partial charge in [0.1, 0.15) is 0 Å². The first-order valence-corrected chi connectivity index (χ1v) is 8.87. The summed E-state index contributed by atoms with van der Waals surface area (Å²) in [5.41, 5.74) is 4.50. The molecule has 0 aromatic carbocycles. The summed E-state index contributed by atoms with van der Waals surface area (Å²) in [5.74, 6) is 0. The highest BCUT2D eigenvalue weighted by Gasteiger charge is 2.50. The van der Waals surface area contributed by atoms with Crippen molar-refractivity contribution in [2.24, 2.45) is 12.5 Å². The molecule has 2 aliphatic rings. The number of hydrogen-bond donors (Lipinski definition) is 0. The van der Waals surface area contributed by atoms with Crippen molar-refractivity contribution < 1.29 is 4.74 Å². The van der Waals surface area contributed by atoms with Crippen LogP contribution in [0.3, 0.4) is 0 Å². The monoisotopic (exact) mass is 305 g/mol. The van der Waals surface area contributed by atoms with Gasteiger partial charge in [0.25, 0.3) is 0 Å². The second kappa shape index (κ2) is 5.97. The molecule has 2 unspecified atom stereocenters. The zero-order valence-corrected chi connectivity index (χ0v) is 14.9. The molecule has 2 saturated heterocycles. The van der Waals surface area contributed by atoms with Crippen LogP contribution in [0.15, 0.2) is 0 Å². The van der Waals surface area contributed by atoms with Gasteiger partial charge in [0.05, 0.1) is 11.8 Å². The van der Waals surface area contributed by atoms with E-state index >= 15 is 0 Å². The summed E-state index contributed by atoms with van der Waals surface area (Å²) < 4.78 is 8.10. The Labute approximate surface area is 134 Å². The highest BCUT2D eigenvalue weighted by Crippen LogP contribution is 2.43. The van der Waals surface area contributed by atoms with Crippen molar-refractivity contribution in [1.29, 1.82) is 0 Å². The Morgan fingerprint density at radius 1 is 1.27 bits per heavy atom. The summed E-state index contributed by atoms with van der Waals surface area (Å²) >= 11 is 0. The van der Waals surface area contributed by atoms with Crippen molar-refractivity contribution in [1.82, 2.24) is 14.7 Å². The van der Waals surface area contributed by atoms with Gasteiger partial charge >= 0.3 is 0 Å². The predicted molar refractivity (Wildman–Crippen MR) is 88.9 cm³/mol. The molecule has 3 heterocycles. The molecule has 0 bridgehead atoms. The molecule has 4 nitrogen and oxygen atoms in total. The van der Waals surface area contributed by atoms with E-state index in [4.69, 9.17) is 9.84 Å². The van der Waals surface area contributed by atoms with Crippen LogP contribution in [0.2, 0.25) is 0 Å². The predicted octanol–water partition coefficient (Wildman–Crippen LogP) is 2.93. The van der Waals surface area contributed by atoms with E-state index in [1.54, 1.807) is 0 Å². The minimum absolute atomic E-state index is 0.371. The SMILES string of the molecule is CCc1nn(C)c(CC)c1CN1CC(C)(C)C1C1CCCO1. The quantitative estimate of drug-likeness (QED) is 0.838. The molecule has 3 rings (SSSR count). The lowest BCUT2D eigenvalue weighted by atomic mass is 9.71. The van der Waals surface area contributed by atoms with E-state index in [1.165, 1.54) is 36.3 Å². The van der Waals surface area contributed by atoms with Gasteiger partial charge in [-0.05, 0) is 31.1 Å². The third-order valence-electron chi connectivity index (χ3n) is 5.51.